The number of hydrogen-bond acceptors (Lipinski definition) is 2. The summed E-state index contributed by atoms with van der Waals surface area (Å²) in [6.07, 6.45) is 8.18. The van der Waals surface area contributed by atoms with Gasteiger partial charge in [-0.2, -0.15) is 0 Å². The molecule has 0 radical (unpaired) electrons. The molecule has 0 saturated heterocycles. The van der Waals surface area contributed by atoms with Crippen molar-refractivity contribution in [2.75, 3.05) is 7.11 Å². The van der Waals surface area contributed by atoms with Crippen molar-refractivity contribution in [1.29, 1.82) is 0 Å². The lowest BCUT2D eigenvalue weighted by Crippen LogP contribution is -2.26. The predicted molar refractivity (Wildman–Crippen MR) is 88.7 cm³/mol. The molecule has 0 bridgehead atoms. The van der Waals surface area contributed by atoms with Gasteiger partial charge >= 0.3 is 0 Å². The molecule has 1 aliphatic rings. The van der Waals surface area contributed by atoms with E-state index in [1.54, 1.807) is 7.11 Å². The number of nitrogens with two attached hydrogens (primary N) is 1. The van der Waals surface area contributed by atoms with Gasteiger partial charge in [0.25, 0.3) is 0 Å². The lowest BCUT2D eigenvalue weighted by atomic mass is 9.89. The average Bonchev–Trinajstić information content (AvgIpc) is 2.55. The van der Waals surface area contributed by atoms with Crippen molar-refractivity contribution in [2.45, 2.75) is 38.1 Å². The van der Waals surface area contributed by atoms with E-state index in [0.717, 1.165) is 18.6 Å². The van der Waals surface area contributed by atoms with Gasteiger partial charge in [0, 0.05) is 6.04 Å². The van der Waals surface area contributed by atoms with Crippen molar-refractivity contribution in [1.82, 2.24) is 0 Å². The fraction of sp³-hybridized carbons (Fsp3) is 0.368. The Morgan fingerprint density at radius 2 is 2.10 bits per heavy atom. The first-order valence-electron chi connectivity index (χ1n) is 7.78. The van der Waals surface area contributed by atoms with Crippen LogP contribution in [0.4, 0.5) is 0 Å². The zero-order valence-electron chi connectivity index (χ0n) is 12.6. The van der Waals surface area contributed by atoms with E-state index in [4.69, 9.17) is 10.5 Å². The Balaban J connectivity index is 1.90. The molecular weight excluding hydrogens is 258 g/mol. The molecule has 0 aromatic heterocycles. The van der Waals surface area contributed by atoms with Gasteiger partial charge in [0.05, 0.1) is 7.11 Å². The molecule has 0 amide bonds. The summed E-state index contributed by atoms with van der Waals surface area (Å²) >= 11 is 0. The van der Waals surface area contributed by atoms with Gasteiger partial charge in [0.1, 0.15) is 5.75 Å². The van der Waals surface area contributed by atoms with E-state index in [0.29, 0.717) is 0 Å². The monoisotopic (exact) mass is 281 g/mol. The minimum absolute atomic E-state index is 0.141. The lowest BCUT2D eigenvalue weighted by Gasteiger charge is -2.20. The molecule has 1 aliphatic carbocycles. The minimum Gasteiger partial charge on any atom is -0.497 e. The molecule has 21 heavy (non-hydrogen) atoms. The van der Waals surface area contributed by atoms with Gasteiger partial charge in [0.2, 0.25) is 0 Å². The quantitative estimate of drug-likeness (QED) is 0.852. The van der Waals surface area contributed by atoms with E-state index in [1.807, 2.05) is 6.07 Å². The van der Waals surface area contributed by atoms with Crippen LogP contribution in [-0.2, 0) is 6.42 Å². The van der Waals surface area contributed by atoms with Gasteiger partial charge in [-0.15, -0.1) is 0 Å². The van der Waals surface area contributed by atoms with Crippen LogP contribution >= 0.6 is 0 Å². The first-order chi connectivity index (χ1) is 10.3. The molecular formula is C19H23NO. The highest BCUT2D eigenvalue weighted by molar-refractivity contribution is 5.87. The Labute approximate surface area is 126 Å². The SMILES string of the molecule is COc1ccc2cccc(CC(N)C3=CCCCC3)c2c1. The van der Waals surface area contributed by atoms with Gasteiger partial charge in [-0.1, -0.05) is 35.9 Å². The summed E-state index contributed by atoms with van der Waals surface area (Å²) < 4.78 is 5.36. The van der Waals surface area contributed by atoms with Gasteiger partial charge in [-0.3, -0.25) is 0 Å². The van der Waals surface area contributed by atoms with Crippen LogP contribution in [0.25, 0.3) is 10.8 Å². The smallest absolute Gasteiger partial charge is 0.119 e. The molecule has 2 aromatic rings. The second-order valence-corrected chi connectivity index (χ2v) is 5.84. The van der Waals surface area contributed by atoms with Crippen LogP contribution in [0.5, 0.6) is 5.75 Å². The fourth-order valence-corrected chi connectivity index (χ4v) is 3.19. The number of rotatable bonds is 4. The Morgan fingerprint density at radius 1 is 1.19 bits per heavy atom. The highest BCUT2D eigenvalue weighted by Crippen LogP contribution is 2.27. The molecule has 3 rings (SSSR count). The van der Waals surface area contributed by atoms with Crippen molar-refractivity contribution < 1.29 is 4.74 Å². The van der Waals surface area contributed by atoms with Gasteiger partial charge in [0.15, 0.2) is 0 Å². The summed E-state index contributed by atoms with van der Waals surface area (Å²) in [5.74, 6) is 0.903. The Bertz CT molecular complexity index is 660. The number of allylic oxidation sites excluding steroid dienone is 1. The van der Waals surface area contributed by atoms with Crippen molar-refractivity contribution in [3.63, 3.8) is 0 Å². The van der Waals surface area contributed by atoms with Crippen LogP contribution in [0.1, 0.15) is 31.2 Å². The molecule has 0 fully saturated rings. The minimum atomic E-state index is 0.141. The van der Waals surface area contributed by atoms with Crippen molar-refractivity contribution in [3.8, 4) is 5.75 Å². The maximum absolute atomic E-state index is 6.44. The third-order valence-electron chi connectivity index (χ3n) is 4.42. The second-order valence-electron chi connectivity index (χ2n) is 5.84. The standard InChI is InChI=1S/C19H23NO/c1-21-17-11-10-14-8-5-9-16(18(14)13-17)12-19(20)15-6-3-2-4-7-15/h5-6,8-11,13,19H,2-4,7,12,20H2,1H3. The summed E-state index contributed by atoms with van der Waals surface area (Å²) in [7, 11) is 1.71. The lowest BCUT2D eigenvalue weighted by molar-refractivity contribution is 0.415. The summed E-state index contributed by atoms with van der Waals surface area (Å²) in [4.78, 5) is 0. The molecule has 0 aliphatic heterocycles. The van der Waals surface area contributed by atoms with Crippen molar-refractivity contribution in [3.05, 3.63) is 53.6 Å². The van der Waals surface area contributed by atoms with Gasteiger partial charge in [-0.05, 0) is 60.6 Å². The summed E-state index contributed by atoms with van der Waals surface area (Å²) in [5.41, 5.74) is 9.18. The Hall–Kier alpha value is -1.80. The van der Waals surface area contributed by atoms with Crippen LogP contribution in [0.15, 0.2) is 48.0 Å². The predicted octanol–water partition coefficient (Wildman–Crippen LogP) is 4.22. The van der Waals surface area contributed by atoms with E-state index in [9.17, 15) is 0 Å². The normalized spacial score (nSPS) is 16.6. The number of hydrogen-bond donors (Lipinski definition) is 1. The van der Waals surface area contributed by atoms with Gasteiger partial charge in [-0.25, -0.2) is 0 Å². The van der Waals surface area contributed by atoms with Gasteiger partial charge < -0.3 is 10.5 Å². The van der Waals surface area contributed by atoms with E-state index >= 15 is 0 Å². The average molecular weight is 281 g/mol. The van der Waals surface area contributed by atoms with E-state index in [1.165, 1.54) is 41.2 Å². The molecule has 110 valence electrons. The zero-order valence-corrected chi connectivity index (χ0v) is 12.6. The topological polar surface area (TPSA) is 35.2 Å². The summed E-state index contributed by atoms with van der Waals surface area (Å²) in [5, 5.41) is 2.50. The van der Waals surface area contributed by atoms with Crippen molar-refractivity contribution >= 4 is 10.8 Å². The molecule has 1 atom stereocenters. The fourth-order valence-electron chi connectivity index (χ4n) is 3.19. The van der Waals surface area contributed by atoms with Crippen LogP contribution in [0.3, 0.4) is 0 Å². The zero-order chi connectivity index (χ0) is 14.7. The van der Waals surface area contributed by atoms with E-state index in [-0.39, 0.29) is 6.04 Å². The van der Waals surface area contributed by atoms with Crippen LogP contribution in [0, 0.1) is 0 Å². The number of ether oxygens (including phenoxy) is 1. The maximum atomic E-state index is 6.44. The van der Waals surface area contributed by atoms with E-state index < -0.39 is 0 Å². The first kappa shape index (κ1) is 14.2. The molecule has 0 heterocycles. The molecule has 2 nitrogen and oxygen atoms in total. The van der Waals surface area contributed by atoms with Crippen molar-refractivity contribution in [2.24, 2.45) is 5.73 Å². The number of fused-ring (bicyclic) bond motifs is 1. The summed E-state index contributed by atoms with van der Waals surface area (Å²) in [6, 6.07) is 12.8. The van der Waals surface area contributed by atoms with Crippen LogP contribution < -0.4 is 10.5 Å². The largest absolute Gasteiger partial charge is 0.497 e. The Morgan fingerprint density at radius 3 is 2.86 bits per heavy atom. The highest BCUT2D eigenvalue weighted by Gasteiger charge is 2.14. The van der Waals surface area contributed by atoms with E-state index in [2.05, 4.69) is 36.4 Å². The number of methoxy groups -OCH3 is 1. The second kappa shape index (κ2) is 6.31. The maximum Gasteiger partial charge on any atom is 0.119 e. The first-order valence-corrected chi connectivity index (χ1v) is 7.78. The molecule has 2 N–H and O–H groups in total. The molecule has 0 saturated carbocycles. The Kier molecular flexibility index (Phi) is 4.26. The molecule has 0 spiro atoms. The molecule has 2 heteroatoms. The third-order valence-corrected chi connectivity index (χ3v) is 4.42. The summed E-state index contributed by atoms with van der Waals surface area (Å²) in [6.45, 7) is 0. The van der Waals surface area contributed by atoms with Crippen LogP contribution in [0.2, 0.25) is 0 Å². The van der Waals surface area contributed by atoms with Crippen LogP contribution in [-0.4, -0.2) is 13.2 Å². The highest BCUT2D eigenvalue weighted by atomic mass is 16.5. The number of benzene rings is 2. The molecule has 2 aromatic carbocycles. The third kappa shape index (κ3) is 3.11. The molecule has 1 unspecified atom stereocenters.